The fraction of sp³-hybridized carbons (Fsp3) is 0.304. The Bertz CT molecular complexity index is 1380. The normalized spacial score (nSPS) is 13.5. The van der Waals surface area contributed by atoms with Crippen LogP contribution in [-0.4, -0.2) is 33.0 Å². The molecular weight excluding hydrogens is 462 g/mol. The van der Waals surface area contributed by atoms with E-state index < -0.39 is 12.2 Å². The lowest BCUT2D eigenvalue weighted by Gasteiger charge is -2.14. The number of hydrogen-bond acceptors (Lipinski definition) is 7. The molecule has 0 radical (unpaired) electrons. The number of rotatable bonds is 7. The number of H-pyrrole nitrogens is 1. The topological polar surface area (TPSA) is 105 Å². The molecule has 0 spiro atoms. The largest absolute Gasteiger partial charge is 0.495 e. The molecule has 1 aliphatic rings. The van der Waals surface area contributed by atoms with Gasteiger partial charge in [0.15, 0.2) is 11.5 Å². The predicted molar refractivity (Wildman–Crippen MR) is 127 cm³/mol. The monoisotopic (exact) mass is 484 g/mol. The van der Waals surface area contributed by atoms with Crippen LogP contribution in [0.2, 0.25) is 0 Å². The molecule has 1 aromatic carbocycles. The highest BCUT2D eigenvalue weighted by atomic mass is 32.1. The maximum atomic E-state index is 13.3. The third-order valence-electron chi connectivity index (χ3n) is 5.63. The molecule has 1 fully saturated rings. The summed E-state index contributed by atoms with van der Waals surface area (Å²) in [5.74, 6) is 0.121. The molecule has 0 saturated heterocycles. The summed E-state index contributed by atoms with van der Waals surface area (Å²) in [4.78, 5) is 28.8. The fourth-order valence-corrected chi connectivity index (χ4v) is 4.43. The number of thiazole rings is 1. The van der Waals surface area contributed by atoms with Gasteiger partial charge in [-0.3, -0.25) is 4.79 Å². The number of imidazole rings is 1. The fourth-order valence-electron chi connectivity index (χ4n) is 3.51. The molecule has 0 unspecified atom stereocenters. The van der Waals surface area contributed by atoms with Gasteiger partial charge in [0, 0.05) is 22.4 Å². The predicted octanol–water partition coefficient (Wildman–Crippen LogP) is 5.74. The number of fused-ring (bicyclic) bond motifs is 1. The quantitative estimate of drug-likeness (QED) is 0.309. The number of aromatic amines is 1. The Labute approximate surface area is 197 Å². The summed E-state index contributed by atoms with van der Waals surface area (Å²) in [6.07, 6.45) is -1.12. The number of ether oxygens (including phenoxy) is 1. The van der Waals surface area contributed by atoms with Gasteiger partial charge in [0.2, 0.25) is 5.91 Å². The summed E-state index contributed by atoms with van der Waals surface area (Å²) in [5.41, 5.74) is 3.31. The molecule has 4 aromatic rings. The van der Waals surface area contributed by atoms with Crippen LogP contribution < -0.4 is 15.4 Å². The zero-order valence-electron chi connectivity index (χ0n) is 18.7. The molecule has 1 aliphatic carbocycles. The van der Waals surface area contributed by atoms with Crippen LogP contribution in [-0.2, 0) is 4.79 Å². The Balaban J connectivity index is 1.53. The van der Waals surface area contributed by atoms with Gasteiger partial charge >= 0.3 is 0 Å². The van der Waals surface area contributed by atoms with Gasteiger partial charge in [-0.15, -0.1) is 11.3 Å². The van der Waals surface area contributed by atoms with Crippen LogP contribution >= 0.6 is 11.3 Å². The van der Waals surface area contributed by atoms with E-state index in [1.807, 2.05) is 32.0 Å². The molecule has 176 valence electrons. The number of amides is 1. The van der Waals surface area contributed by atoms with E-state index in [0.29, 0.717) is 22.6 Å². The van der Waals surface area contributed by atoms with E-state index in [-0.39, 0.29) is 23.3 Å². The van der Waals surface area contributed by atoms with Gasteiger partial charge in [0.25, 0.3) is 6.43 Å². The van der Waals surface area contributed by atoms with Crippen LogP contribution in [0.4, 0.5) is 26.0 Å². The van der Waals surface area contributed by atoms with Crippen LogP contribution in [0.1, 0.15) is 35.7 Å². The third-order valence-corrected chi connectivity index (χ3v) is 6.75. The molecule has 3 heterocycles. The number of hydrogen-bond donors (Lipinski definition) is 3. The van der Waals surface area contributed by atoms with Crippen molar-refractivity contribution in [2.24, 2.45) is 5.92 Å². The molecule has 0 atom stereocenters. The first kappa shape index (κ1) is 22.2. The van der Waals surface area contributed by atoms with Crippen molar-refractivity contribution in [2.75, 3.05) is 17.7 Å². The van der Waals surface area contributed by atoms with Crippen molar-refractivity contribution in [1.82, 2.24) is 19.9 Å². The molecule has 3 aromatic heterocycles. The standard InChI is InChI=1S/C23H22F2N6O2S/c1-10-11(2)34-23(26-10)13-6-7-14(16(8-13)33-3)27-15-9-17(29-22(32)12-4-5-12)28-20-18(15)30-21(31-20)19(24)25/h6-9,12,19H,4-5H2,1-3H3,(H3,27,28,29,30,31,32). The van der Waals surface area contributed by atoms with E-state index in [4.69, 9.17) is 4.74 Å². The lowest BCUT2D eigenvalue weighted by molar-refractivity contribution is -0.117. The Morgan fingerprint density at radius 3 is 2.62 bits per heavy atom. The number of alkyl halides is 2. The van der Waals surface area contributed by atoms with E-state index in [1.54, 1.807) is 24.5 Å². The minimum atomic E-state index is -2.79. The molecular formula is C23H22F2N6O2S. The second kappa shape index (κ2) is 8.64. The van der Waals surface area contributed by atoms with Crippen LogP contribution in [0.15, 0.2) is 24.3 Å². The average molecular weight is 485 g/mol. The number of halogens is 2. The number of nitrogens with one attached hydrogen (secondary N) is 3. The van der Waals surface area contributed by atoms with E-state index in [1.165, 1.54) is 0 Å². The number of aromatic nitrogens is 4. The van der Waals surface area contributed by atoms with Crippen LogP contribution in [0, 0.1) is 19.8 Å². The molecule has 0 bridgehead atoms. The number of carbonyl (C=O) groups excluding carboxylic acids is 1. The zero-order chi connectivity index (χ0) is 24.0. The van der Waals surface area contributed by atoms with Crippen molar-refractivity contribution in [3.63, 3.8) is 0 Å². The average Bonchev–Trinajstić information content (AvgIpc) is 3.49. The van der Waals surface area contributed by atoms with E-state index in [0.717, 1.165) is 34.0 Å². The number of pyridine rings is 1. The van der Waals surface area contributed by atoms with Crippen molar-refractivity contribution in [3.05, 3.63) is 40.7 Å². The molecule has 0 aliphatic heterocycles. The molecule has 34 heavy (non-hydrogen) atoms. The number of nitrogens with zero attached hydrogens (tertiary/aromatic N) is 3. The Kier molecular flexibility index (Phi) is 5.64. The first-order valence-corrected chi connectivity index (χ1v) is 11.5. The van der Waals surface area contributed by atoms with E-state index in [9.17, 15) is 13.6 Å². The number of benzene rings is 1. The summed E-state index contributed by atoms with van der Waals surface area (Å²) < 4.78 is 32.2. The minimum absolute atomic E-state index is 0.0320. The molecule has 8 nitrogen and oxygen atoms in total. The smallest absolute Gasteiger partial charge is 0.295 e. The highest BCUT2D eigenvalue weighted by molar-refractivity contribution is 7.15. The molecule has 1 saturated carbocycles. The van der Waals surface area contributed by atoms with Crippen molar-refractivity contribution >= 4 is 45.6 Å². The maximum absolute atomic E-state index is 13.3. The van der Waals surface area contributed by atoms with Crippen molar-refractivity contribution < 1.29 is 18.3 Å². The highest BCUT2D eigenvalue weighted by Gasteiger charge is 2.30. The van der Waals surface area contributed by atoms with Crippen LogP contribution in [0.25, 0.3) is 21.7 Å². The van der Waals surface area contributed by atoms with Gasteiger partial charge in [-0.05, 0) is 44.9 Å². The van der Waals surface area contributed by atoms with Gasteiger partial charge in [0.05, 0.1) is 24.2 Å². The van der Waals surface area contributed by atoms with Gasteiger partial charge < -0.3 is 20.4 Å². The van der Waals surface area contributed by atoms with Gasteiger partial charge in [-0.1, -0.05) is 0 Å². The molecule has 5 rings (SSSR count). The van der Waals surface area contributed by atoms with Crippen LogP contribution in [0.3, 0.4) is 0 Å². The zero-order valence-corrected chi connectivity index (χ0v) is 19.5. The summed E-state index contributed by atoms with van der Waals surface area (Å²) in [7, 11) is 1.55. The van der Waals surface area contributed by atoms with Crippen LogP contribution in [0.5, 0.6) is 5.75 Å². The maximum Gasteiger partial charge on any atom is 0.295 e. The summed E-state index contributed by atoms with van der Waals surface area (Å²) >= 11 is 1.60. The Morgan fingerprint density at radius 1 is 1.18 bits per heavy atom. The SMILES string of the molecule is COc1cc(-c2nc(C)c(C)s2)ccc1Nc1cc(NC(=O)C2CC2)nc2nc(C(F)F)[nH]c12. The van der Waals surface area contributed by atoms with Crippen molar-refractivity contribution in [3.8, 4) is 16.3 Å². The summed E-state index contributed by atoms with van der Waals surface area (Å²) in [6, 6.07) is 7.20. The van der Waals surface area contributed by atoms with E-state index in [2.05, 4.69) is 30.6 Å². The number of anilines is 3. The summed E-state index contributed by atoms with van der Waals surface area (Å²) in [6.45, 7) is 3.99. The molecule has 11 heteroatoms. The highest BCUT2D eigenvalue weighted by Crippen LogP contribution is 2.37. The van der Waals surface area contributed by atoms with E-state index >= 15 is 0 Å². The first-order chi connectivity index (χ1) is 16.3. The Morgan fingerprint density at radius 2 is 1.97 bits per heavy atom. The second-order valence-corrected chi connectivity index (χ2v) is 9.34. The lowest BCUT2D eigenvalue weighted by Crippen LogP contribution is -2.14. The molecule has 1 amide bonds. The Hall–Kier alpha value is -3.60. The minimum Gasteiger partial charge on any atom is -0.495 e. The third kappa shape index (κ3) is 4.30. The number of carbonyl (C=O) groups is 1. The lowest BCUT2D eigenvalue weighted by atomic mass is 10.2. The van der Waals surface area contributed by atoms with Crippen molar-refractivity contribution in [1.29, 1.82) is 0 Å². The van der Waals surface area contributed by atoms with Crippen molar-refractivity contribution in [2.45, 2.75) is 33.1 Å². The number of methoxy groups -OCH3 is 1. The first-order valence-electron chi connectivity index (χ1n) is 10.7. The second-order valence-electron chi connectivity index (χ2n) is 8.14. The molecule has 3 N–H and O–H groups in total. The van der Waals surface area contributed by atoms with Gasteiger partial charge in [-0.25, -0.2) is 23.7 Å². The summed E-state index contributed by atoms with van der Waals surface area (Å²) in [5, 5.41) is 6.86. The van der Waals surface area contributed by atoms with Gasteiger partial charge in [-0.2, -0.15) is 0 Å². The van der Waals surface area contributed by atoms with Gasteiger partial charge in [0.1, 0.15) is 22.1 Å². The number of aryl methyl sites for hydroxylation is 2.